The Morgan fingerprint density at radius 1 is 1.50 bits per heavy atom. The van der Waals surface area contributed by atoms with E-state index in [0.29, 0.717) is 12.4 Å². The maximum atomic E-state index is 11.5. The van der Waals surface area contributed by atoms with E-state index in [4.69, 9.17) is 0 Å². The average molecular weight is 197 g/mol. The summed E-state index contributed by atoms with van der Waals surface area (Å²) < 4.78 is 0. The van der Waals surface area contributed by atoms with E-state index in [9.17, 15) is 4.79 Å². The van der Waals surface area contributed by atoms with Crippen molar-refractivity contribution in [2.75, 3.05) is 13.6 Å². The van der Waals surface area contributed by atoms with Gasteiger partial charge in [-0.1, -0.05) is 0 Å². The highest BCUT2D eigenvalue weighted by Crippen LogP contribution is 2.11. The van der Waals surface area contributed by atoms with Gasteiger partial charge in [0.1, 0.15) is 0 Å². The van der Waals surface area contributed by atoms with Crippen LogP contribution in [0.15, 0.2) is 4.99 Å². The van der Waals surface area contributed by atoms with Crippen molar-refractivity contribution in [2.45, 2.75) is 39.2 Å². The molecule has 14 heavy (non-hydrogen) atoms. The zero-order valence-corrected chi connectivity index (χ0v) is 9.42. The molecule has 1 N–H and O–H groups in total. The maximum absolute atomic E-state index is 11.5. The second-order valence-corrected chi connectivity index (χ2v) is 4.57. The predicted octanol–water partition coefficient (Wildman–Crippen LogP) is 0.983. The van der Waals surface area contributed by atoms with E-state index < -0.39 is 0 Å². The summed E-state index contributed by atoms with van der Waals surface area (Å²) >= 11 is 0. The molecular weight excluding hydrogens is 178 g/mol. The van der Waals surface area contributed by atoms with Crippen LogP contribution in [0.4, 0.5) is 0 Å². The average Bonchev–Trinajstić information content (AvgIpc) is 2.45. The van der Waals surface area contributed by atoms with Crippen molar-refractivity contribution in [1.29, 1.82) is 0 Å². The monoisotopic (exact) mass is 197 g/mol. The standard InChI is InChI=1S/C10H19N3O/c1-10(2,3)12-9(11-4)13-7-5-6-8(13)14/h5-7H2,1-4H3,(H,11,12). The molecule has 1 saturated heterocycles. The van der Waals surface area contributed by atoms with Crippen molar-refractivity contribution in [3.05, 3.63) is 0 Å². The number of hydrogen-bond acceptors (Lipinski definition) is 2. The minimum atomic E-state index is -0.0578. The molecule has 1 amide bonds. The lowest BCUT2D eigenvalue weighted by Crippen LogP contribution is -2.49. The fraction of sp³-hybridized carbons (Fsp3) is 0.800. The van der Waals surface area contributed by atoms with E-state index in [1.54, 1.807) is 11.9 Å². The zero-order valence-electron chi connectivity index (χ0n) is 9.42. The molecule has 0 aromatic rings. The number of aliphatic imine (C=N–C) groups is 1. The summed E-state index contributed by atoms with van der Waals surface area (Å²) in [5.74, 6) is 0.863. The van der Waals surface area contributed by atoms with Gasteiger partial charge in [0.25, 0.3) is 0 Å². The highest BCUT2D eigenvalue weighted by atomic mass is 16.2. The quantitative estimate of drug-likeness (QED) is 0.465. The van der Waals surface area contributed by atoms with E-state index in [-0.39, 0.29) is 11.4 Å². The van der Waals surface area contributed by atoms with Gasteiger partial charge in [0.2, 0.25) is 11.9 Å². The molecule has 1 heterocycles. The lowest BCUT2D eigenvalue weighted by atomic mass is 10.1. The lowest BCUT2D eigenvalue weighted by Gasteiger charge is -2.27. The largest absolute Gasteiger partial charge is 0.351 e. The summed E-state index contributed by atoms with van der Waals surface area (Å²) in [6.45, 7) is 6.95. The van der Waals surface area contributed by atoms with E-state index in [0.717, 1.165) is 13.0 Å². The Balaban J connectivity index is 2.68. The van der Waals surface area contributed by atoms with Crippen LogP contribution in [-0.4, -0.2) is 35.9 Å². The number of hydrogen-bond donors (Lipinski definition) is 1. The van der Waals surface area contributed by atoms with Crippen LogP contribution >= 0.6 is 0 Å². The molecule has 1 aliphatic rings. The normalized spacial score (nSPS) is 19.0. The van der Waals surface area contributed by atoms with E-state index in [2.05, 4.69) is 31.1 Å². The summed E-state index contributed by atoms with van der Waals surface area (Å²) in [7, 11) is 1.71. The Bertz CT molecular complexity index is 253. The topological polar surface area (TPSA) is 44.7 Å². The number of likely N-dealkylation sites (tertiary alicyclic amines) is 1. The Morgan fingerprint density at radius 3 is 2.50 bits per heavy atom. The molecule has 0 spiro atoms. The fourth-order valence-electron chi connectivity index (χ4n) is 1.45. The predicted molar refractivity (Wildman–Crippen MR) is 57.2 cm³/mol. The molecule has 0 saturated carbocycles. The molecule has 0 aromatic carbocycles. The van der Waals surface area contributed by atoms with Gasteiger partial charge in [0.15, 0.2) is 0 Å². The van der Waals surface area contributed by atoms with Crippen molar-refractivity contribution in [3.8, 4) is 0 Å². The number of carbonyl (C=O) groups is 1. The van der Waals surface area contributed by atoms with E-state index in [1.807, 2.05) is 0 Å². The van der Waals surface area contributed by atoms with Crippen LogP contribution in [0.2, 0.25) is 0 Å². The van der Waals surface area contributed by atoms with Gasteiger partial charge in [0, 0.05) is 25.6 Å². The molecule has 0 radical (unpaired) electrons. The third-order valence-electron chi connectivity index (χ3n) is 2.03. The van der Waals surface area contributed by atoms with Gasteiger partial charge in [-0.3, -0.25) is 14.7 Å². The van der Waals surface area contributed by atoms with E-state index >= 15 is 0 Å². The van der Waals surface area contributed by atoms with Crippen LogP contribution < -0.4 is 5.32 Å². The Labute approximate surface area is 85.4 Å². The van der Waals surface area contributed by atoms with Gasteiger partial charge in [-0.25, -0.2) is 0 Å². The van der Waals surface area contributed by atoms with Gasteiger partial charge in [0.05, 0.1) is 0 Å². The Kier molecular flexibility index (Phi) is 3.13. The summed E-state index contributed by atoms with van der Waals surface area (Å²) in [5.41, 5.74) is -0.0578. The summed E-state index contributed by atoms with van der Waals surface area (Å²) in [6.07, 6.45) is 1.58. The number of rotatable bonds is 0. The third kappa shape index (κ3) is 2.72. The first kappa shape index (κ1) is 11.0. The smallest absolute Gasteiger partial charge is 0.229 e. The molecular formula is C10H19N3O. The molecule has 0 bridgehead atoms. The molecule has 0 atom stereocenters. The van der Waals surface area contributed by atoms with E-state index in [1.165, 1.54) is 0 Å². The molecule has 4 nitrogen and oxygen atoms in total. The molecule has 1 fully saturated rings. The molecule has 0 aromatic heterocycles. The van der Waals surface area contributed by atoms with Gasteiger partial charge in [-0.2, -0.15) is 0 Å². The molecule has 1 rings (SSSR count). The number of nitrogens with zero attached hydrogens (tertiary/aromatic N) is 2. The number of nitrogens with one attached hydrogen (secondary N) is 1. The summed E-state index contributed by atoms with van der Waals surface area (Å²) in [5, 5.41) is 3.23. The molecule has 0 aliphatic carbocycles. The lowest BCUT2D eigenvalue weighted by molar-refractivity contribution is -0.124. The van der Waals surface area contributed by atoms with Crippen molar-refractivity contribution < 1.29 is 4.79 Å². The highest BCUT2D eigenvalue weighted by molar-refractivity contribution is 5.98. The minimum Gasteiger partial charge on any atom is -0.351 e. The fourth-order valence-corrected chi connectivity index (χ4v) is 1.45. The second kappa shape index (κ2) is 3.98. The van der Waals surface area contributed by atoms with Crippen molar-refractivity contribution in [1.82, 2.24) is 10.2 Å². The van der Waals surface area contributed by atoms with Crippen molar-refractivity contribution in [2.24, 2.45) is 4.99 Å². The van der Waals surface area contributed by atoms with Crippen LogP contribution in [0.25, 0.3) is 0 Å². The van der Waals surface area contributed by atoms with Gasteiger partial charge >= 0.3 is 0 Å². The maximum Gasteiger partial charge on any atom is 0.229 e. The Morgan fingerprint density at radius 2 is 2.14 bits per heavy atom. The first-order valence-electron chi connectivity index (χ1n) is 4.99. The molecule has 4 heteroatoms. The first-order valence-corrected chi connectivity index (χ1v) is 4.99. The zero-order chi connectivity index (χ0) is 10.8. The number of carbonyl (C=O) groups excluding carboxylic acids is 1. The first-order chi connectivity index (χ1) is 6.44. The van der Waals surface area contributed by atoms with Gasteiger partial charge in [-0.15, -0.1) is 0 Å². The minimum absolute atomic E-state index is 0.0578. The molecule has 80 valence electrons. The third-order valence-corrected chi connectivity index (χ3v) is 2.03. The van der Waals surface area contributed by atoms with Crippen LogP contribution in [0.3, 0.4) is 0 Å². The van der Waals surface area contributed by atoms with Crippen LogP contribution in [0, 0.1) is 0 Å². The summed E-state index contributed by atoms with van der Waals surface area (Å²) in [6, 6.07) is 0. The SMILES string of the molecule is CN=C(NC(C)(C)C)N1CCCC1=O. The molecule has 1 aliphatic heterocycles. The molecule has 0 unspecified atom stereocenters. The van der Waals surface area contributed by atoms with Crippen LogP contribution in [-0.2, 0) is 4.79 Å². The number of guanidine groups is 1. The van der Waals surface area contributed by atoms with Gasteiger partial charge < -0.3 is 5.32 Å². The Hall–Kier alpha value is -1.06. The summed E-state index contributed by atoms with van der Waals surface area (Å²) in [4.78, 5) is 17.3. The van der Waals surface area contributed by atoms with Crippen LogP contribution in [0.5, 0.6) is 0 Å². The van der Waals surface area contributed by atoms with Gasteiger partial charge in [-0.05, 0) is 27.2 Å². The number of amides is 1. The van der Waals surface area contributed by atoms with Crippen LogP contribution in [0.1, 0.15) is 33.6 Å². The second-order valence-electron chi connectivity index (χ2n) is 4.57. The highest BCUT2D eigenvalue weighted by Gasteiger charge is 2.26. The van der Waals surface area contributed by atoms with Crippen molar-refractivity contribution in [3.63, 3.8) is 0 Å². The van der Waals surface area contributed by atoms with Crippen molar-refractivity contribution >= 4 is 11.9 Å².